The fourth-order valence-corrected chi connectivity index (χ4v) is 4.68. The molecule has 0 aromatic carbocycles. The number of rotatable bonds is 6. The highest BCUT2D eigenvalue weighted by atomic mass is 32.2. The van der Waals surface area contributed by atoms with Gasteiger partial charge < -0.3 is 10.6 Å². The van der Waals surface area contributed by atoms with Crippen molar-refractivity contribution in [1.82, 2.24) is 23.9 Å². The Kier molecular flexibility index (Phi) is 5.11. The number of sulfonamides is 1. The SMILES string of the molecule is Cn1cc(NC2N=Cc3cnn(CCC4CCCN(S(C)(=O)=O)C4)c3N2)cn1. The lowest BCUT2D eigenvalue weighted by Gasteiger charge is -2.31. The van der Waals surface area contributed by atoms with E-state index in [2.05, 4.69) is 25.8 Å². The first-order valence-corrected chi connectivity index (χ1v) is 11.3. The van der Waals surface area contributed by atoms with Crippen LogP contribution in [0.2, 0.25) is 0 Å². The number of piperidine rings is 1. The Balaban J connectivity index is 1.37. The molecule has 2 aliphatic rings. The molecule has 2 aromatic heterocycles. The minimum atomic E-state index is -3.11. The number of aliphatic imine (C=N–C) groups is 1. The molecule has 0 spiro atoms. The molecule has 11 heteroatoms. The van der Waals surface area contributed by atoms with E-state index >= 15 is 0 Å². The summed E-state index contributed by atoms with van der Waals surface area (Å²) in [6.45, 7) is 1.96. The normalized spacial score (nSPS) is 22.6. The van der Waals surface area contributed by atoms with Gasteiger partial charge in [-0.1, -0.05) is 0 Å². The van der Waals surface area contributed by atoms with Gasteiger partial charge in [-0.2, -0.15) is 10.2 Å². The summed E-state index contributed by atoms with van der Waals surface area (Å²) in [5.74, 6) is 1.28. The van der Waals surface area contributed by atoms with Gasteiger partial charge in [0.1, 0.15) is 5.82 Å². The van der Waals surface area contributed by atoms with E-state index in [4.69, 9.17) is 0 Å². The third-order valence-electron chi connectivity index (χ3n) is 5.21. The number of aromatic nitrogens is 4. The van der Waals surface area contributed by atoms with E-state index < -0.39 is 10.0 Å². The second-order valence-electron chi connectivity index (χ2n) is 7.46. The minimum absolute atomic E-state index is 0.289. The second kappa shape index (κ2) is 7.55. The Labute approximate surface area is 164 Å². The van der Waals surface area contributed by atoms with Crippen LogP contribution >= 0.6 is 0 Å². The van der Waals surface area contributed by atoms with Crippen LogP contribution in [0.5, 0.6) is 0 Å². The van der Waals surface area contributed by atoms with Gasteiger partial charge in [0, 0.05) is 39.1 Å². The monoisotopic (exact) mass is 406 g/mol. The first kappa shape index (κ1) is 18.9. The molecular weight excluding hydrogens is 380 g/mol. The molecule has 0 saturated carbocycles. The summed E-state index contributed by atoms with van der Waals surface area (Å²) >= 11 is 0. The number of hydrogen-bond donors (Lipinski definition) is 2. The van der Waals surface area contributed by atoms with Crippen LogP contribution in [0.15, 0.2) is 23.6 Å². The Bertz CT molecular complexity index is 964. The van der Waals surface area contributed by atoms with Gasteiger partial charge in [0.05, 0.1) is 29.9 Å². The third kappa shape index (κ3) is 4.20. The molecule has 152 valence electrons. The van der Waals surface area contributed by atoms with Crippen molar-refractivity contribution in [2.24, 2.45) is 18.0 Å². The predicted octanol–water partition coefficient (Wildman–Crippen LogP) is 0.918. The van der Waals surface area contributed by atoms with Gasteiger partial charge in [-0.25, -0.2) is 22.4 Å². The van der Waals surface area contributed by atoms with Crippen LogP contribution in [-0.2, 0) is 23.6 Å². The smallest absolute Gasteiger partial charge is 0.211 e. The molecule has 1 fully saturated rings. The fraction of sp³-hybridized carbons (Fsp3) is 0.588. The Morgan fingerprint density at radius 1 is 1.32 bits per heavy atom. The molecule has 0 radical (unpaired) electrons. The lowest BCUT2D eigenvalue weighted by atomic mass is 9.96. The van der Waals surface area contributed by atoms with Crippen LogP contribution in [-0.4, -0.2) is 64.1 Å². The molecule has 4 rings (SSSR count). The Morgan fingerprint density at radius 3 is 2.93 bits per heavy atom. The molecule has 2 aromatic rings. The molecule has 2 atom stereocenters. The summed E-state index contributed by atoms with van der Waals surface area (Å²) in [5, 5.41) is 15.3. The van der Waals surface area contributed by atoms with Gasteiger partial charge >= 0.3 is 0 Å². The first-order chi connectivity index (χ1) is 13.4. The quantitative estimate of drug-likeness (QED) is 0.738. The van der Waals surface area contributed by atoms with E-state index in [0.29, 0.717) is 19.0 Å². The molecule has 0 aliphatic carbocycles. The van der Waals surface area contributed by atoms with Crippen molar-refractivity contribution in [2.75, 3.05) is 30.0 Å². The van der Waals surface area contributed by atoms with Crippen molar-refractivity contribution in [1.29, 1.82) is 0 Å². The summed E-state index contributed by atoms with van der Waals surface area (Å²) < 4.78 is 28.9. The first-order valence-electron chi connectivity index (χ1n) is 9.44. The number of nitrogens with one attached hydrogen (secondary N) is 2. The van der Waals surface area contributed by atoms with Gasteiger partial charge in [0.15, 0.2) is 6.29 Å². The van der Waals surface area contributed by atoms with E-state index in [0.717, 1.165) is 42.9 Å². The van der Waals surface area contributed by atoms with Crippen molar-refractivity contribution in [3.05, 3.63) is 24.2 Å². The predicted molar refractivity (Wildman–Crippen MR) is 108 cm³/mol. The molecule has 28 heavy (non-hydrogen) atoms. The zero-order valence-electron chi connectivity index (χ0n) is 16.1. The van der Waals surface area contributed by atoms with Gasteiger partial charge in [-0.3, -0.25) is 4.68 Å². The Morgan fingerprint density at radius 2 is 2.18 bits per heavy atom. The van der Waals surface area contributed by atoms with E-state index in [1.807, 2.05) is 24.1 Å². The number of fused-ring (bicyclic) bond motifs is 1. The van der Waals surface area contributed by atoms with Crippen molar-refractivity contribution in [3.63, 3.8) is 0 Å². The maximum absolute atomic E-state index is 11.8. The van der Waals surface area contributed by atoms with Crippen LogP contribution in [0, 0.1) is 5.92 Å². The molecule has 4 heterocycles. The molecule has 2 N–H and O–H groups in total. The molecule has 0 bridgehead atoms. The summed E-state index contributed by atoms with van der Waals surface area (Å²) in [5.41, 5.74) is 1.83. The van der Waals surface area contributed by atoms with Crippen molar-refractivity contribution >= 4 is 27.7 Å². The number of anilines is 2. The highest BCUT2D eigenvalue weighted by Crippen LogP contribution is 2.25. The standard InChI is InChI=1S/C17H26N8O2S/c1-23-12-15(10-19-23)21-17-18-8-14-9-20-25(16(14)22-17)7-5-13-4-3-6-24(11-13)28(2,26)27/h8-10,12-13,17,21-22H,3-7,11H2,1-2H3. The maximum Gasteiger partial charge on any atom is 0.211 e. The van der Waals surface area contributed by atoms with E-state index in [1.165, 1.54) is 6.26 Å². The van der Waals surface area contributed by atoms with Crippen molar-refractivity contribution in [2.45, 2.75) is 32.1 Å². The van der Waals surface area contributed by atoms with Crippen LogP contribution in [0.1, 0.15) is 24.8 Å². The highest BCUT2D eigenvalue weighted by molar-refractivity contribution is 7.88. The summed E-state index contributed by atoms with van der Waals surface area (Å²) in [4.78, 5) is 4.46. The summed E-state index contributed by atoms with van der Waals surface area (Å²) in [6.07, 6.45) is 11.1. The van der Waals surface area contributed by atoms with Gasteiger partial charge in [-0.05, 0) is 25.2 Å². The van der Waals surface area contributed by atoms with Gasteiger partial charge in [-0.15, -0.1) is 0 Å². The van der Waals surface area contributed by atoms with Crippen LogP contribution in [0.3, 0.4) is 0 Å². The third-order valence-corrected chi connectivity index (χ3v) is 6.48. The average Bonchev–Trinajstić information content (AvgIpc) is 3.25. The van der Waals surface area contributed by atoms with Crippen molar-refractivity contribution < 1.29 is 8.42 Å². The van der Waals surface area contributed by atoms with Gasteiger partial charge in [0.25, 0.3) is 0 Å². The lowest BCUT2D eigenvalue weighted by molar-refractivity contribution is 0.248. The molecule has 0 amide bonds. The number of hydrogen-bond acceptors (Lipinski definition) is 7. The number of aryl methyl sites for hydroxylation is 2. The zero-order valence-corrected chi connectivity index (χ0v) is 16.9. The Hall–Kier alpha value is -2.40. The largest absolute Gasteiger partial charge is 0.344 e. The molecular formula is C17H26N8O2S. The van der Waals surface area contributed by atoms with Gasteiger partial charge in [0.2, 0.25) is 10.0 Å². The maximum atomic E-state index is 11.8. The van der Waals surface area contributed by atoms with E-state index in [9.17, 15) is 8.42 Å². The minimum Gasteiger partial charge on any atom is -0.344 e. The van der Waals surface area contributed by atoms with Crippen molar-refractivity contribution in [3.8, 4) is 0 Å². The average molecular weight is 407 g/mol. The molecule has 2 aliphatic heterocycles. The van der Waals surface area contributed by atoms with E-state index in [-0.39, 0.29) is 6.29 Å². The highest BCUT2D eigenvalue weighted by Gasteiger charge is 2.26. The number of nitrogens with zero attached hydrogens (tertiary/aromatic N) is 6. The molecule has 10 nitrogen and oxygen atoms in total. The second-order valence-corrected chi connectivity index (χ2v) is 9.44. The summed E-state index contributed by atoms with van der Waals surface area (Å²) in [7, 11) is -1.25. The molecule has 2 unspecified atom stereocenters. The van der Waals surface area contributed by atoms with Crippen LogP contribution in [0.25, 0.3) is 0 Å². The topological polar surface area (TPSA) is 109 Å². The van der Waals surface area contributed by atoms with Crippen LogP contribution < -0.4 is 10.6 Å². The van der Waals surface area contributed by atoms with Crippen LogP contribution in [0.4, 0.5) is 11.5 Å². The molecule has 1 saturated heterocycles. The zero-order chi connectivity index (χ0) is 19.7. The fourth-order valence-electron chi connectivity index (χ4n) is 3.74. The lowest BCUT2D eigenvalue weighted by Crippen LogP contribution is -2.39. The van der Waals surface area contributed by atoms with E-state index in [1.54, 1.807) is 21.4 Å². The summed E-state index contributed by atoms with van der Waals surface area (Å²) in [6, 6.07) is 0.